The van der Waals surface area contributed by atoms with Gasteiger partial charge in [-0.05, 0) is 43.7 Å². The van der Waals surface area contributed by atoms with Crippen LogP contribution in [0.5, 0.6) is 0 Å². The number of nitrogens with zero attached hydrogens (tertiary/aromatic N) is 1. The third-order valence-electron chi connectivity index (χ3n) is 4.15. The zero-order valence-electron chi connectivity index (χ0n) is 12.1. The molecule has 0 bridgehead atoms. The minimum absolute atomic E-state index is 0.00326. The standard InChI is InChI=1S/C15H21NO4S/c1-16(15(17)13-5-3-2-4-6-13)14-9-7-12(8-10-14)11-21(18,19)20/h2-6,12,14H,7-11H2,1H3,(H,18,19,20). The van der Waals surface area contributed by atoms with Crippen molar-refractivity contribution < 1.29 is 17.8 Å². The molecule has 2 rings (SSSR count). The summed E-state index contributed by atoms with van der Waals surface area (Å²) in [7, 11) is -2.11. The lowest BCUT2D eigenvalue weighted by Crippen LogP contribution is -2.40. The van der Waals surface area contributed by atoms with Crippen LogP contribution in [0.1, 0.15) is 36.0 Å². The van der Waals surface area contributed by atoms with Gasteiger partial charge < -0.3 is 4.90 Å². The molecule has 0 spiro atoms. The van der Waals surface area contributed by atoms with Gasteiger partial charge in [-0.25, -0.2) is 0 Å². The van der Waals surface area contributed by atoms with Gasteiger partial charge in [0.2, 0.25) is 0 Å². The molecule has 0 aromatic heterocycles. The number of carbonyl (C=O) groups excluding carboxylic acids is 1. The Bertz CT molecular complexity index is 577. The molecule has 0 saturated heterocycles. The van der Waals surface area contributed by atoms with E-state index in [1.807, 2.05) is 18.2 Å². The minimum atomic E-state index is -3.90. The Hall–Kier alpha value is -1.40. The van der Waals surface area contributed by atoms with Gasteiger partial charge in [0.05, 0.1) is 5.75 Å². The summed E-state index contributed by atoms with van der Waals surface area (Å²) >= 11 is 0. The Morgan fingerprint density at radius 2 is 1.76 bits per heavy atom. The van der Waals surface area contributed by atoms with E-state index in [1.54, 1.807) is 24.1 Å². The molecule has 0 aliphatic heterocycles. The van der Waals surface area contributed by atoms with Gasteiger partial charge in [-0.2, -0.15) is 8.42 Å². The minimum Gasteiger partial charge on any atom is -0.339 e. The highest BCUT2D eigenvalue weighted by Crippen LogP contribution is 2.28. The molecule has 1 fully saturated rings. The molecule has 1 aromatic rings. The Labute approximate surface area is 125 Å². The Morgan fingerprint density at radius 3 is 2.29 bits per heavy atom. The van der Waals surface area contributed by atoms with Crippen LogP contribution in [0.2, 0.25) is 0 Å². The molecule has 1 saturated carbocycles. The molecule has 21 heavy (non-hydrogen) atoms. The quantitative estimate of drug-likeness (QED) is 0.865. The van der Waals surface area contributed by atoms with Crippen molar-refractivity contribution in [3.63, 3.8) is 0 Å². The average molecular weight is 311 g/mol. The predicted molar refractivity (Wildman–Crippen MR) is 80.7 cm³/mol. The number of rotatable bonds is 4. The van der Waals surface area contributed by atoms with Crippen molar-refractivity contribution in [2.24, 2.45) is 5.92 Å². The summed E-state index contributed by atoms with van der Waals surface area (Å²) in [5.41, 5.74) is 0.667. The fourth-order valence-electron chi connectivity index (χ4n) is 2.95. The fourth-order valence-corrected chi connectivity index (χ4v) is 3.88. The third kappa shape index (κ3) is 4.54. The third-order valence-corrected chi connectivity index (χ3v) is 5.04. The molecule has 0 heterocycles. The average Bonchev–Trinajstić information content (AvgIpc) is 2.46. The number of amides is 1. The lowest BCUT2D eigenvalue weighted by atomic mass is 9.86. The Balaban J connectivity index is 1.91. The number of hydrogen-bond acceptors (Lipinski definition) is 3. The van der Waals surface area contributed by atoms with Crippen LogP contribution in [-0.2, 0) is 10.1 Å². The van der Waals surface area contributed by atoms with Gasteiger partial charge in [0.25, 0.3) is 16.0 Å². The predicted octanol–water partition coefficient (Wildman–Crippen LogP) is 2.21. The summed E-state index contributed by atoms with van der Waals surface area (Å²) in [5, 5.41) is 0. The molecule has 1 N–H and O–H groups in total. The number of benzene rings is 1. The molecule has 0 unspecified atom stereocenters. The molecule has 5 nitrogen and oxygen atoms in total. The SMILES string of the molecule is CN(C(=O)c1ccccc1)C1CCC(CS(=O)(=O)O)CC1. The maximum Gasteiger partial charge on any atom is 0.265 e. The van der Waals surface area contributed by atoms with Gasteiger partial charge in [-0.3, -0.25) is 9.35 Å². The maximum atomic E-state index is 12.3. The second-order valence-electron chi connectivity index (χ2n) is 5.71. The van der Waals surface area contributed by atoms with E-state index in [4.69, 9.17) is 4.55 Å². The van der Waals surface area contributed by atoms with Gasteiger partial charge in [0.1, 0.15) is 0 Å². The molecule has 116 valence electrons. The van der Waals surface area contributed by atoms with E-state index >= 15 is 0 Å². The van der Waals surface area contributed by atoms with E-state index in [0.29, 0.717) is 5.56 Å². The number of hydrogen-bond donors (Lipinski definition) is 1. The first-order chi connectivity index (χ1) is 9.87. The Morgan fingerprint density at radius 1 is 1.19 bits per heavy atom. The zero-order chi connectivity index (χ0) is 15.5. The van der Waals surface area contributed by atoms with Crippen molar-refractivity contribution >= 4 is 16.0 Å². The summed E-state index contributed by atoms with van der Waals surface area (Å²) in [4.78, 5) is 14.1. The highest BCUT2D eigenvalue weighted by atomic mass is 32.2. The monoisotopic (exact) mass is 311 g/mol. The smallest absolute Gasteiger partial charge is 0.265 e. The van der Waals surface area contributed by atoms with Crippen LogP contribution < -0.4 is 0 Å². The van der Waals surface area contributed by atoms with Crippen molar-refractivity contribution in [1.29, 1.82) is 0 Å². The van der Waals surface area contributed by atoms with Crippen molar-refractivity contribution in [3.05, 3.63) is 35.9 Å². The van der Waals surface area contributed by atoms with Gasteiger partial charge >= 0.3 is 0 Å². The molecule has 1 aromatic carbocycles. The van der Waals surface area contributed by atoms with Crippen molar-refractivity contribution in [2.45, 2.75) is 31.7 Å². The molecule has 1 aliphatic rings. The first-order valence-electron chi connectivity index (χ1n) is 7.14. The first kappa shape index (κ1) is 16.0. The fraction of sp³-hybridized carbons (Fsp3) is 0.533. The van der Waals surface area contributed by atoms with Crippen LogP contribution in [0, 0.1) is 5.92 Å². The molecule has 0 radical (unpaired) electrons. The largest absolute Gasteiger partial charge is 0.339 e. The summed E-state index contributed by atoms with van der Waals surface area (Å²) in [5.74, 6) is -0.180. The van der Waals surface area contributed by atoms with Crippen molar-refractivity contribution in [3.8, 4) is 0 Å². The van der Waals surface area contributed by atoms with Crippen LogP contribution >= 0.6 is 0 Å². The lowest BCUT2D eigenvalue weighted by Gasteiger charge is -2.34. The second-order valence-corrected chi connectivity index (χ2v) is 7.20. The van der Waals surface area contributed by atoms with Gasteiger partial charge in [-0.1, -0.05) is 18.2 Å². The van der Waals surface area contributed by atoms with Gasteiger partial charge in [0, 0.05) is 18.7 Å². The van der Waals surface area contributed by atoms with Crippen molar-refractivity contribution in [2.75, 3.05) is 12.8 Å². The highest BCUT2D eigenvalue weighted by molar-refractivity contribution is 7.85. The molecule has 0 atom stereocenters. The van der Waals surface area contributed by atoms with Crippen LogP contribution in [0.4, 0.5) is 0 Å². The molecule has 1 amide bonds. The second kappa shape index (κ2) is 6.58. The Kier molecular flexibility index (Phi) is 5.00. The van der Waals surface area contributed by atoms with Crippen LogP contribution in [0.25, 0.3) is 0 Å². The van der Waals surface area contributed by atoms with E-state index in [2.05, 4.69) is 0 Å². The maximum absolute atomic E-state index is 12.3. The summed E-state index contributed by atoms with van der Waals surface area (Å²) < 4.78 is 30.7. The summed E-state index contributed by atoms with van der Waals surface area (Å²) in [6.45, 7) is 0. The number of carbonyl (C=O) groups is 1. The van der Waals surface area contributed by atoms with Crippen LogP contribution in [0.15, 0.2) is 30.3 Å². The first-order valence-corrected chi connectivity index (χ1v) is 8.75. The summed E-state index contributed by atoms with van der Waals surface area (Å²) in [6.07, 6.45) is 2.98. The summed E-state index contributed by atoms with van der Waals surface area (Å²) in [6, 6.07) is 9.27. The van der Waals surface area contributed by atoms with Crippen LogP contribution in [0.3, 0.4) is 0 Å². The van der Waals surface area contributed by atoms with E-state index < -0.39 is 10.1 Å². The van der Waals surface area contributed by atoms with Crippen LogP contribution in [-0.4, -0.2) is 42.6 Å². The molecule has 6 heteroatoms. The zero-order valence-corrected chi connectivity index (χ0v) is 12.9. The van der Waals surface area contributed by atoms with E-state index in [9.17, 15) is 13.2 Å². The van der Waals surface area contributed by atoms with Gasteiger partial charge in [-0.15, -0.1) is 0 Å². The van der Waals surface area contributed by atoms with E-state index in [0.717, 1.165) is 25.7 Å². The normalized spacial score (nSPS) is 22.8. The lowest BCUT2D eigenvalue weighted by molar-refractivity contribution is 0.0679. The van der Waals surface area contributed by atoms with Gasteiger partial charge in [0.15, 0.2) is 0 Å². The van der Waals surface area contributed by atoms with Crippen molar-refractivity contribution in [1.82, 2.24) is 4.90 Å². The van der Waals surface area contributed by atoms with E-state index in [-0.39, 0.29) is 23.6 Å². The highest BCUT2D eigenvalue weighted by Gasteiger charge is 2.28. The molecule has 1 aliphatic carbocycles. The van der Waals surface area contributed by atoms with E-state index in [1.165, 1.54) is 0 Å². The topological polar surface area (TPSA) is 74.7 Å². The molecular weight excluding hydrogens is 290 g/mol. The molecular formula is C15H21NO4S.